The van der Waals surface area contributed by atoms with E-state index in [-0.39, 0.29) is 49.6 Å². The van der Waals surface area contributed by atoms with Crippen LogP contribution < -0.4 is 29.9 Å². The second kappa shape index (κ2) is 14.6. The third kappa shape index (κ3) is 6.38. The number of nitrogens with one attached hydrogen (secondary N) is 1. The number of carbonyl (C=O) groups is 2. The van der Waals surface area contributed by atoms with Gasteiger partial charge in [-0.25, -0.2) is 4.79 Å². The molecule has 0 spiro atoms. The normalized spacial score (nSPS) is 19.1. The Morgan fingerprint density at radius 1 is 0.960 bits per heavy atom. The first kappa shape index (κ1) is 34.5. The zero-order chi connectivity index (χ0) is 35.5. The highest BCUT2D eigenvalue weighted by molar-refractivity contribution is 5.98. The van der Waals surface area contributed by atoms with Crippen LogP contribution in [0, 0.1) is 0 Å². The van der Waals surface area contributed by atoms with E-state index in [2.05, 4.69) is 5.32 Å². The number of aliphatic hydroxyl groups excluding tert-OH is 3. The Bertz CT molecular complexity index is 2010. The van der Waals surface area contributed by atoms with E-state index in [1.807, 2.05) is 0 Å². The zero-order valence-corrected chi connectivity index (χ0v) is 27.8. The molecule has 0 bridgehead atoms. The molecule has 1 aliphatic carbocycles. The van der Waals surface area contributed by atoms with E-state index in [1.54, 1.807) is 54.6 Å². The molecule has 6 rings (SSSR count). The van der Waals surface area contributed by atoms with Crippen LogP contribution in [0.1, 0.15) is 33.0 Å². The van der Waals surface area contributed by atoms with Crippen molar-refractivity contribution < 1.29 is 48.3 Å². The predicted molar refractivity (Wildman–Crippen MR) is 181 cm³/mol. The summed E-state index contributed by atoms with van der Waals surface area (Å²) in [6, 6.07) is 15.6. The topological polar surface area (TPSA) is 177 Å². The summed E-state index contributed by atoms with van der Waals surface area (Å²) in [4.78, 5) is 42.9. The molecule has 4 aromatic rings. The summed E-state index contributed by atoms with van der Waals surface area (Å²) in [6.07, 6.45) is -0.782. The Hall–Kier alpha value is -5.37. The Kier molecular flexibility index (Phi) is 10.1. The van der Waals surface area contributed by atoms with Crippen molar-refractivity contribution in [2.45, 2.75) is 37.2 Å². The predicted octanol–water partition coefficient (Wildman–Crippen LogP) is 2.32. The second-order valence-electron chi connectivity index (χ2n) is 11.9. The highest BCUT2D eigenvalue weighted by Crippen LogP contribution is 2.51. The van der Waals surface area contributed by atoms with Crippen molar-refractivity contribution in [2.24, 2.45) is 0 Å². The second-order valence-corrected chi connectivity index (χ2v) is 11.9. The lowest BCUT2D eigenvalue weighted by Gasteiger charge is -2.40. The number of rotatable bonds is 12. The van der Waals surface area contributed by atoms with Crippen LogP contribution in [-0.4, -0.2) is 91.3 Å². The lowest BCUT2D eigenvalue weighted by Crippen LogP contribution is -2.56. The van der Waals surface area contributed by atoms with E-state index in [4.69, 9.17) is 23.4 Å². The molecule has 2 aliphatic rings. The maximum absolute atomic E-state index is 14.5. The van der Waals surface area contributed by atoms with E-state index in [1.165, 1.54) is 38.4 Å². The molecular formula is C37H38N2O11. The Balaban J connectivity index is 1.48. The smallest absolute Gasteiger partial charge is 0.349 e. The Morgan fingerprint density at radius 3 is 2.46 bits per heavy atom. The Labute approximate surface area is 287 Å². The van der Waals surface area contributed by atoms with Crippen LogP contribution in [0.5, 0.6) is 23.0 Å². The number of benzene rings is 3. The molecule has 4 atom stereocenters. The minimum Gasteiger partial charge on any atom is -0.497 e. The molecule has 4 N–H and O–H groups in total. The van der Waals surface area contributed by atoms with Gasteiger partial charge in [0.2, 0.25) is 5.91 Å². The number of nitrogens with zero attached hydrogens (tertiary/aromatic N) is 1. The molecule has 0 fully saturated rings. The third-order valence-corrected chi connectivity index (χ3v) is 9.10. The highest BCUT2D eigenvalue weighted by Gasteiger charge is 2.51. The fourth-order valence-electron chi connectivity index (χ4n) is 6.69. The van der Waals surface area contributed by atoms with Crippen molar-refractivity contribution in [3.8, 4) is 23.0 Å². The molecule has 0 saturated carbocycles. The van der Waals surface area contributed by atoms with E-state index >= 15 is 0 Å². The van der Waals surface area contributed by atoms with Crippen molar-refractivity contribution >= 4 is 22.8 Å². The van der Waals surface area contributed by atoms with Crippen molar-refractivity contribution in [1.29, 1.82) is 0 Å². The van der Waals surface area contributed by atoms with Gasteiger partial charge in [-0.1, -0.05) is 18.2 Å². The summed E-state index contributed by atoms with van der Waals surface area (Å²) in [5.74, 6) is -0.435. The maximum atomic E-state index is 14.5. The van der Waals surface area contributed by atoms with E-state index in [0.29, 0.717) is 44.9 Å². The van der Waals surface area contributed by atoms with Crippen molar-refractivity contribution in [1.82, 2.24) is 10.2 Å². The SMILES string of the molecule is COc1ccc(OC)c(CCN(C(=O)c2cc3ccccc3oc2=O)C2C=C(C(=O)NCCO)C3c4cc(CO)cc(OC)c4OC3C2O)c1. The lowest BCUT2D eigenvalue weighted by molar-refractivity contribution is -0.118. The van der Waals surface area contributed by atoms with Gasteiger partial charge in [0.05, 0.1) is 46.5 Å². The van der Waals surface area contributed by atoms with Gasteiger partial charge >= 0.3 is 5.63 Å². The molecule has 3 aromatic carbocycles. The first-order valence-electron chi connectivity index (χ1n) is 16.0. The number of carbonyl (C=O) groups excluding carboxylic acids is 2. The Morgan fingerprint density at radius 2 is 1.74 bits per heavy atom. The van der Waals surface area contributed by atoms with Gasteiger partial charge in [0.15, 0.2) is 11.5 Å². The summed E-state index contributed by atoms with van der Waals surface area (Å²) < 4.78 is 28.4. The maximum Gasteiger partial charge on any atom is 0.349 e. The number of aliphatic hydroxyl groups is 3. The number of ether oxygens (including phenoxy) is 4. The fraction of sp³-hybridized carbons (Fsp3) is 0.324. The fourth-order valence-corrected chi connectivity index (χ4v) is 6.69. The lowest BCUT2D eigenvalue weighted by atomic mass is 9.77. The molecule has 13 heteroatoms. The summed E-state index contributed by atoms with van der Waals surface area (Å²) >= 11 is 0. The zero-order valence-electron chi connectivity index (χ0n) is 27.8. The van der Waals surface area contributed by atoms with Crippen LogP contribution in [0.2, 0.25) is 0 Å². The number of para-hydroxylation sites is 1. The average molecular weight is 687 g/mol. The molecule has 4 unspecified atom stereocenters. The van der Waals surface area contributed by atoms with Crippen LogP contribution in [-0.2, 0) is 17.8 Å². The summed E-state index contributed by atoms with van der Waals surface area (Å²) in [5.41, 5.74) is 1.04. The monoisotopic (exact) mass is 686 g/mol. The summed E-state index contributed by atoms with van der Waals surface area (Å²) in [5, 5.41) is 34.7. The van der Waals surface area contributed by atoms with Gasteiger partial charge in [0, 0.05) is 29.6 Å². The van der Waals surface area contributed by atoms with Crippen LogP contribution in [0.4, 0.5) is 0 Å². The van der Waals surface area contributed by atoms with Gasteiger partial charge < -0.3 is 48.9 Å². The molecule has 0 radical (unpaired) electrons. The van der Waals surface area contributed by atoms with Gasteiger partial charge in [-0.05, 0) is 66.1 Å². The highest BCUT2D eigenvalue weighted by atomic mass is 16.5. The minimum atomic E-state index is -1.41. The molecule has 262 valence electrons. The van der Waals surface area contributed by atoms with Gasteiger partial charge in [0.25, 0.3) is 5.91 Å². The van der Waals surface area contributed by atoms with E-state index in [9.17, 15) is 29.7 Å². The van der Waals surface area contributed by atoms with Crippen molar-refractivity contribution in [3.63, 3.8) is 0 Å². The average Bonchev–Trinajstić information content (AvgIpc) is 3.53. The summed E-state index contributed by atoms with van der Waals surface area (Å²) in [7, 11) is 4.49. The van der Waals surface area contributed by atoms with Gasteiger partial charge in [-0.2, -0.15) is 0 Å². The number of hydrogen-bond donors (Lipinski definition) is 4. The quantitative estimate of drug-likeness (QED) is 0.161. The molecule has 1 aromatic heterocycles. The molecule has 50 heavy (non-hydrogen) atoms. The first-order valence-corrected chi connectivity index (χ1v) is 16.0. The standard InChI is InChI=1S/C37H38N2O11/c1-46-23-8-9-28(47-2)22(16-23)10-12-39(36(44)26-17-21-6-4-5-7-29(21)49-37(26)45)27-18-25(35(43)38-11-13-40)31-24-14-20(19-41)15-30(48-3)33(24)50-34(31)32(27)42/h4-9,14-18,27,31-32,34,40-42H,10-13,19H2,1-3H3,(H,38,43). The molecule has 2 heterocycles. The first-order chi connectivity index (χ1) is 24.2. The van der Waals surface area contributed by atoms with Crippen molar-refractivity contribution in [2.75, 3.05) is 41.0 Å². The largest absolute Gasteiger partial charge is 0.497 e. The van der Waals surface area contributed by atoms with Gasteiger partial charge in [-0.15, -0.1) is 0 Å². The van der Waals surface area contributed by atoms with Gasteiger partial charge in [-0.3, -0.25) is 9.59 Å². The number of methoxy groups -OCH3 is 3. The van der Waals surface area contributed by atoms with Crippen LogP contribution in [0.3, 0.4) is 0 Å². The third-order valence-electron chi connectivity index (χ3n) is 9.10. The van der Waals surface area contributed by atoms with Crippen LogP contribution >= 0.6 is 0 Å². The van der Waals surface area contributed by atoms with Crippen LogP contribution in [0.15, 0.2) is 81.5 Å². The van der Waals surface area contributed by atoms with Gasteiger partial charge in [0.1, 0.15) is 34.9 Å². The number of hydrogen-bond acceptors (Lipinski definition) is 11. The van der Waals surface area contributed by atoms with Crippen molar-refractivity contribution in [3.05, 3.63) is 105 Å². The summed E-state index contributed by atoms with van der Waals surface area (Å²) in [6.45, 7) is -0.725. The molecular weight excluding hydrogens is 648 g/mol. The number of fused-ring (bicyclic) bond motifs is 4. The molecule has 1 aliphatic heterocycles. The molecule has 0 saturated heterocycles. The molecule has 2 amide bonds. The van der Waals surface area contributed by atoms with E-state index < -0.39 is 41.6 Å². The minimum absolute atomic E-state index is 0.0410. The number of amides is 2. The molecule has 13 nitrogen and oxygen atoms in total. The van der Waals surface area contributed by atoms with Crippen LogP contribution in [0.25, 0.3) is 11.0 Å². The van der Waals surface area contributed by atoms with E-state index in [0.717, 1.165) is 0 Å².